The minimum absolute atomic E-state index is 0.0131. The lowest BCUT2D eigenvalue weighted by Crippen LogP contribution is -2.42. The average Bonchev–Trinajstić information content (AvgIpc) is 3.22. The van der Waals surface area contributed by atoms with Gasteiger partial charge in [-0.3, -0.25) is 4.79 Å². The number of carbonyl (C=O) groups is 1. The number of carbonyl (C=O) groups excluding carboxylic acids is 1. The maximum absolute atomic E-state index is 12.9. The van der Waals surface area contributed by atoms with Crippen molar-refractivity contribution in [2.45, 2.75) is 44.6 Å². The molecule has 1 fully saturated rings. The van der Waals surface area contributed by atoms with E-state index >= 15 is 0 Å². The zero-order valence-electron chi connectivity index (χ0n) is 13.5. The number of aromatic nitrogens is 2. The first-order chi connectivity index (χ1) is 11.1. The number of benzene rings is 1. The molecule has 0 spiro atoms. The molecule has 23 heavy (non-hydrogen) atoms. The van der Waals surface area contributed by atoms with Gasteiger partial charge in [0.2, 0.25) is 11.8 Å². The van der Waals surface area contributed by atoms with Gasteiger partial charge in [-0.15, -0.1) is 0 Å². The third-order valence-electron chi connectivity index (χ3n) is 4.48. The lowest BCUT2D eigenvalue weighted by atomic mass is 9.78. The summed E-state index contributed by atoms with van der Waals surface area (Å²) in [5, 5.41) is 6.69. The number of aryl methyl sites for hydroxylation is 1. The van der Waals surface area contributed by atoms with E-state index in [0.717, 1.165) is 37.0 Å². The zero-order valence-corrected chi connectivity index (χ0v) is 13.5. The highest BCUT2D eigenvalue weighted by Gasteiger charge is 2.42. The number of rotatable bonds is 5. The van der Waals surface area contributed by atoms with Crippen molar-refractivity contribution in [2.75, 3.05) is 7.11 Å². The normalized spacial score (nSPS) is 16.3. The summed E-state index contributed by atoms with van der Waals surface area (Å²) >= 11 is 0. The van der Waals surface area contributed by atoms with Gasteiger partial charge in [-0.25, -0.2) is 0 Å². The number of methoxy groups -OCH3 is 1. The SMILES string of the molecule is COc1cccc(C2(C(=O)NCc3nc(C)no3)CCCC2)c1. The second-order valence-electron chi connectivity index (χ2n) is 5.94. The molecule has 0 saturated heterocycles. The van der Waals surface area contributed by atoms with Crippen molar-refractivity contribution in [2.24, 2.45) is 0 Å². The maximum atomic E-state index is 12.9. The van der Waals surface area contributed by atoms with Gasteiger partial charge in [-0.05, 0) is 37.5 Å². The second kappa shape index (κ2) is 6.40. The lowest BCUT2D eigenvalue weighted by Gasteiger charge is -2.28. The Labute approximate surface area is 135 Å². The Balaban J connectivity index is 1.80. The Morgan fingerprint density at radius 3 is 2.83 bits per heavy atom. The molecule has 0 unspecified atom stereocenters. The third kappa shape index (κ3) is 3.06. The Morgan fingerprint density at radius 2 is 2.17 bits per heavy atom. The van der Waals surface area contributed by atoms with Gasteiger partial charge in [0.05, 0.1) is 19.1 Å². The van der Waals surface area contributed by atoms with Crippen LogP contribution in [0.4, 0.5) is 0 Å². The van der Waals surface area contributed by atoms with E-state index in [0.29, 0.717) is 11.7 Å². The molecular formula is C17H21N3O3. The molecule has 1 aromatic heterocycles. The fourth-order valence-corrected chi connectivity index (χ4v) is 3.28. The summed E-state index contributed by atoms with van der Waals surface area (Å²) in [4.78, 5) is 17.0. The fraction of sp³-hybridized carbons (Fsp3) is 0.471. The molecule has 1 aliphatic carbocycles. The Kier molecular flexibility index (Phi) is 4.32. The minimum atomic E-state index is -0.496. The number of amides is 1. The Morgan fingerprint density at radius 1 is 1.39 bits per heavy atom. The summed E-state index contributed by atoms with van der Waals surface area (Å²) in [5.41, 5.74) is 0.512. The van der Waals surface area contributed by atoms with E-state index in [1.54, 1.807) is 14.0 Å². The highest BCUT2D eigenvalue weighted by atomic mass is 16.5. The van der Waals surface area contributed by atoms with Crippen LogP contribution in [0.15, 0.2) is 28.8 Å². The standard InChI is InChI=1S/C17H21N3O3/c1-12-19-15(23-20-12)11-18-16(21)17(8-3-4-9-17)13-6-5-7-14(10-13)22-2/h5-7,10H,3-4,8-9,11H2,1-2H3,(H,18,21). The summed E-state index contributed by atoms with van der Waals surface area (Å²) in [7, 11) is 1.64. The molecule has 6 nitrogen and oxygen atoms in total. The molecule has 122 valence electrons. The molecule has 1 heterocycles. The molecule has 1 aromatic carbocycles. The van der Waals surface area contributed by atoms with E-state index in [4.69, 9.17) is 9.26 Å². The molecule has 0 radical (unpaired) electrons. The van der Waals surface area contributed by atoms with Crippen LogP contribution in [0.25, 0.3) is 0 Å². The van der Waals surface area contributed by atoms with Crippen molar-refractivity contribution in [1.82, 2.24) is 15.5 Å². The van der Waals surface area contributed by atoms with E-state index in [2.05, 4.69) is 15.5 Å². The van der Waals surface area contributed by atoms with Crippen molar-refractivity contribution < 1.29 is 14.1 Å². The van der Waals surface area contributed by atoms with Crippen molar-refractivity contribution in [3.8, 4) is 5.75 Å². The number of hydrogen-bond acceptors (Lipinski definition) is 5. The van der Waals surface area contributed by atoms with Crippen LogP contribution in [0.3, 0.4) is 0 Å². The third-order valence-corrected chi connectivity index (χ3v) is 4.48. The average molecular weight is 315 g/mol. The maximum Gasteiger partial charge on any atom is 0.246 e. The van der Waals surface area contributed by atoms with Gasteiger partial charge in [0.1, 0.15) is 5.75 Å². The second-order valence-corrected chi connectivity index (χ2v) is 5.94. The highest BCUT2D eigenvalue weighted by molar-refractivity contribution is 5.88. The van der Waals surface area contributed by atoms with Crippen molar-refractivity contribution >= 4 is 5.91 Å². The van der Waals surface area contributed by atoms with E-state index in [1.807, 2.05) is 24.3 Å². The monoisotopic (exact) mass is 315 g/mol. The van der Waals surface area contributed by atoms with Crippen LogP contribution in [0.2, 0.25) is 0 Å². The molecule has 1 aliphatic rings. The van der Waals surface area contributed by atoms with Gasteiger partial charge in [-0.1, -0.05) is 30.1 Å². The van der Waals surface area contributed by atoms with Crippen molar-refractivity contribution in [3.63, 3.8) is 0 Å². The van der Waals surface area contributed by atoms with Crippen LogP contribution in [0, 0.1) is 6.92 Å². The van der Waals surface area contributed by atoms with Gasteiger partial charge < -0.3 is 14.6 Å². The van der Waals surface area contributed by atoms with Crippen molar-refractivity contribution in [3.05, 3.63) is 41.5 Å². The smallest absolute Gasteiger partial charge is 0.246 e. The minimum Gasteiger partial charge on any atom is -0.497 e. The van der Waals surface area contributed by atoms with E-state index < -0.39 is 5.41 Å². The van der Waals surface area contributed by atoms with E-state index in [9.17, 15) is 4.79 Å². The zero-order chi connectivity index (χ0) is 16.3. The summed E-state index contributed by atoms with van der Waals surface area (Å²) < 4.78 is 10.4. The molecule has 1 amide bonds. The van der Waals surface area contributed by atoms with Crippen LogP contribution in [0.1, 0.15) is 43.0 Å². The molecule has 3 rings (SSSR count). The number of nitrogens with one attached hydrogen (secondary N) is 1. The van der Waals surface area contributed by atoms with Crippen LogP contribution in [0.5, 0.6) is 5.75 Å². The largest absolute Gasteiger partial charge is 0.497 e. The van der Waals surface area contributed by atoms with E-state index in [1.165, 1.54) is 0 Å². The van der Waals surface area contributed by atoms with Crippen LogP contribution in [-0.4, -0.2) is 23.2 Å². The van der Waals surface area contributed by atoms with Gasteiger partial charge >= 0.3 is 0 Å². The summed E-state index contributed by atoms with van der Waals surface area (Å²) in [6.45, 7) is 2.01. The molecule has 0 aliphatic heterocycles. The Hall–Kier alpha value is -2.37. The predicted molar refractivity (Wildman–Crippen MR) is 84.0 cm³/mol. The van der Waals surface area contributed by atoms with Crippen LogP contribution >= 0.6 is 0 Å². The van der Waals surface area contributed by atoms with Crippen LogP contribution < -0.4 is 10.1 Å². The predicted octanol–water partition coefficient (Wildman–Crippen LogP) is 2.51. The van der Waals surface area contributed by atoms with E-state index in [-0.39, 0.29) is 12.5 Å². The van der Waals surface area contributed by atoms with Gasteiger partial charge in [0.15, 0.2) is 5.82 Å². The van der Waals surface area contributed by atoms with Gasteiger partial charge in [0.25, 0.3) is 0 Å². The molecular weight excluding hydrogens is 294 g/mol. The van der Waals surface area contributed by atoms with Gasteiger partial charge in [-0.2, -0.15) is 4.98 Å². The fourth-order valence-electron chi connectivity index (χ4n) is 3.28. The van der Waals surface area contributed by atoms with Crippen molar-refractivity contribution in [1.29, 1.82) is 0 Å². The summed E-state index contributed by atoms with van der Waals surface area (Å²) in [6.07, 6.45) is 3.78. The number of hydrogen-bond donors (Lipinski definition) is 1. The molecule has 2 aromatic rings. The molecule has 0 atom stereocenters. The van der Waals surface area contributed by atoms with Gasteiger partial charge in [0, 0.05) is 0 Å². The topological polar surface area (TPSA) is 77.2 Å². The Bertz CT molecular complexity index is 690. The number of ether oxygens (including phenoxy) is 1. The lowest BCUT2D eigenvalue weighted by molar-refractivity contribution is -0.127. The molecule has 0 bridgehead atoms. The quantitative estimate of drug-likeness (QED) is 0.917. The van der Waals surface area contributed by atoms with Crippen LogP contribution in [-0.2, 0) is 16.8 Å². The number of nitrogens with zero attached hydrogens (tertiary/aromatic N) is 2. The highest BCUT2D eigenvalue weighted by Crippen LogP contribution is 2.42. The first-order valence-corrected chi connectivity index (χ1v) is 7.86. The first-order valence-electron chi connectivity index (χ1n) is 7.86. The molecule has 6 heteroatoms. The first kappa shape index (κ1) is 15.5. The molecule has 1 saturated carbocycles. The molecule has 1 N–H and O–H groups in total. The summed E-state index contributed by atoms with van der Waals surface area (Å²) in [5.74, 6) is 1.78. The summed E-state index contributed by atoms with van der Waals surface area (Å²) in [6, 6.07) is 7.79.